The highest BCUT2D eigenvalue weighted by Gasteiger charge is 2.37. The number of nitrogens with one attached hydrogen (secondary N) is 1. The number of halogens is 1. The number of rotatable bonds is 5. The molecule has 0 spiro atoms. The van der Waals surface area contributed by atoms with E-state index < -0.39 is 6.10 Å². The third-order valence-electron chi connectivity index (χ3n) is 5.84. The average Bonchev–Trinajstić information content (AvgIpc) is 3.20. The number of Topliss-reactive ketones (excluding diaryl/α,β-unsaturated/α-hetero) is 1. The molecule has 0 saturated heterocycles. The number of thiophene rings is 1. The summed E-state index contributed by atoms with van der Waals surface area (Å²) >= 11 is 1.74. The van der Waals surface area contributed by atoms with Crippen molar-refractivity contribution in [2.75, 3.05) is 6.54 Å². The topological polar surface area (TPSA) is 58.6 Å². The zero-order chi connectivity index (χ0) is 19.0. The molecule has 0 radical (unpaired) electrons. The summed E-state index contributed by atoms with van der Waals surface area (Å²) in [6, 6.07) is 9.92. The van der Waals surface area contributed by atoms with Crippen LogP contribution < -0.4 is 10.1 Å². The summed E-state index contributed by atoms with van der Waals surface area (Å²) in [5.41, 5.74) is 2.00. The summed E-state index contributed by atoms with van der Waals surface area (Å²) < 4.78 is 6.06. The zero-order valence-corrected chi connectivity index (χ0v) is 17.9. The van der Waals surface area contributed by atoms with Gasteiger partial charge >= 0.3 is 0 Å². The summed E-state index contributed by atoms with van der Waals surface area (Å²) in [4.78, 5) is 15.2. The Bertz CT molecular complexity index is 837. The maximum atomic E-state index is 12.7. The quantitative estimate of drug-likeness (QED) is 0.763. The van der Waals surface area contributed by atoms with E-state index in [0.717, 1.165) is 42.6 Å². The molecular weight excluding hydrogens is 394 g/mol. The van der Waals surface area contributed by atoms with Crippen LogP contribution in [0.2, 0.25) is 0 Å². The molecule has 4 nitrogen and oxygen atoms in total. The molecule has 2 aliphatic carbocycles. The van der Waals surface area contributed by atoms with Crippen LogP contribution in [0.1, 0.15) is 44.9 Å². The predicted molar refractivity (Wildman–Crippen MR) is 115 cm³/mol. The zero-order valence-electron chi connectivity index (χ0n) is 16.3. The van der Waals surface area contributed by atoms with Gasteiger partial charge in [0.15, 0.2) is 5.78 Å². The van der Waals surface area contributed by atoms with E-state index >= 15 is 0 Å². The number of ketones is 1. The summed E-state index contributed by atoms with van der Waals surface area (Å²) in [5.74, 6) is 1.10. The number of benzene rings is 1. The molecule has 4 rings (SSSR count). The average molecular weight is 422 g/mol. The van der Waals surface area contributed by atoms with Crippen LogP contribution in [0, 0.1) is 19.8 Å². The van der Waals surface area contributed by atoms with E-state index in [9.17, 15) is 9.90 Å². The molecule has 4 unspecified atom stereocenters. The van der Waals surface area contributed by atoms with Crippen molar-refractivity contribution in [3.8, 4) is 5.75 Å². The minimum Gasteiger partial charge on any atom is -0.487 e. The van der Waals surface area contributed by atoms with Crippen LogP contribution in [0.15, 0.2) is 30.3 Å². The summed E-state index contributed by atoms with van der Waals surface area (Å²) in [6.07, 6.45) is 2.81. The smallest absolute Gasteiger partial charge is 0.168 e. The van der Waals surface area contributed by atoms with Gasteiger partial charge in [-0.1, -0.05) is 18.2 Å². The van der Waals surface area contributed by atoms with E-state index in [1.165, 1.54) is 9.75 Å². The first-order valence-corrected chi connectivity index (χ1v) is 10.6. The highest BCUT2D eigenvalue weighted by molar-refractivity contribution is 7.12. The Morgan fingerprint density at radius 3 is 2.79 bits per heavy atom. The Hall–Kier alpha value is -1.40. The molecule has 1 saturated carbocycles. The van der Waals surface area contributed by atoms with Gasteiger partial charge in [0.05, 0.1) is 0 Å². The van der Waals surface area contributed by atoms with Crippen molar-refractivity contribution >= 4 is 29.5 Å². The SMILES string of the molecule is Cc1cc2c(s1)CCC(CNC1CCC(Oc3ccccc3C)C1O)C2=O.Cl. The van der Waals surface area contributed by atoms with Crippen molar-refractivity contribution in [2.24, 2.45) is 5.92 Å². The van der Waals surface area contributed by atoms with Crippen LogP contribution in [0.25, 0.3) is 0 Å². The Kier molecular flexibility index (Phi) is 6.81. The van der Waals surface area contributed by atoms with E-state index in [4.69, 9.17) is 4.74 Å². The van der Waals surface area contributed by atoms with E-state index in [0.29, 0.717) is 6.54 Å². The van der Waals surface area contributed by atoms with Gasteiger partial charge in [0.1, 0.15) is 18.0 Å². The molecule has 1 fully saturated rings. The van der Waals surface area contributed by atoms with Gasteiger partial charge in [-0.2, -0.15) is 0 Å². The fourth-order valence-corrected chi connectivity index (χ4v) is 5.30. The molecule has 1 aromatic carbocycles. The normalized spacial score (nSPS) is 26.6. The maximum Gasteiger partial charge on any atom is 0.168 e. The van der Waals surface area contributed by atoms with E-state index in [-0.39, 0.29) is 36.3 Å². The Morgan fingerprint density at radius 2 is 2.00 bits per heavy atom. The minimum atomic E-state index is -0.553. The van der Waals surface area contributed by atoms with Gasteiger partial charge in [-0.25, -0.2) is 0 Å². The van der Waals surface area contributed by atoms with Crippen molar-refractivity contribution in [3.05, 3.63) is 51.2 Å². The number of aliphatic hydroxyl groups is 1. The van der Waals surface area contributed by atoms with Gasteiger partial charge in [0, 0.05) is 33.8 Å². The number of hydrogen-bond donors (Lipinski definition) is 2. The minimum absolute atomic E-state index is 0. The number of ether oxygens (including phenoxy) is 1. The molecular formula is C22H28ClNO3S. The molecule has 1 heterocycles. The van der Waals surface area contributed by atoms with Gasteiger partial charge in [-0.05, 0) is 57.2 Å². The summed E-state index contributed by atoms with van der Waals surface area (Å²) in [7, 11) is 0. The second-order valence-corrected chi connectivity index (χ2v) is 9.14. The van der Waals surface area contributed by atoms with Crippen LogP contribution >= 0.6 is 23.7 Å². The van der Waals surface area contributed by atoms with Crippen LogP contribution in [-0.4, -0.2) is 35.7 Å². The molecule has 6 heteroatoms. The van der Waals surface area contributed by atoms with Crippen molar-refractivity contribution in [1.82, 2.24) is 5.32 Å². The molecule has 4 atom stereocenters. The van der Waals surface area contributed by atoms with Crippen LogP contribution in [0.4, 0.5) is 0 Å². The number of aryl methyl sites for hydroxylation is 3. The highest BCUT2D eigenvalue weighted by Crippen LogP contribution is 2.32. The van der Waals surface area contributed by atoms with Crippen molar-refractivity contribution < 1.29 is 14.6 Å². The van der Waals surface area contributed by atoms with E-state index in [1.54, 1.807) is 11.3 Å². The number of fused-ring (bicyclic) bond motifs is 1. The van der Waals surface area contributed by atoms with Crippen molar-refractivity contribution in [2.45, 2.75) is 57.8 Å². The van der Waals surface area contributed by atoms with Gasteiger partial charge in [-0.15, -0.1) is 23.7 Å². The lowest BCUT2D eigenvalue weighted by Crippen LogP contribution is -2.44. The molecule has 0 amide bonds. The summed E-state index contributed by atoms with van der Waals surface area (Å²) in [5, 5.41) is 14.1. The lowest BCUT2D eigenvalue weighted by atomic mass is 9.87. The predicted octanol–water partition coefficient (Wildman–Crippen LogP) is 4.09. The summed E-state index contributed by atoms with van der Waals surface area (Å²) in [6.45, 7) is 4.71. The highest BCUT2D eigenvalue weighted by atomic mass is 35.5. The lowest BCUT2D eigenvalue weighted by Gasteiger charge is -2.26. The first-order chi connectivity index (χ1) is 13.0. The second-order valence-electron chi connectivity index (χ2n) is 7.80. The van der Waals surface area contributed by atoms with E-state index in [2.05, 4.69) is 12.2 Å². The molecule has 28 heavy (non-hydrogen) atoms. The Labute approximate surface area is 176 Å². The number of para-hydroxylation sites is 1. The third kappa shape index (κ3) is 4.28. The Balaban J connectivity index is 0.00000225. The number of carbonyl (C=O) groups excluding carboxylic acids is 1. The lowest BCUT2D eigenvalue weighted by molar-refractivity contribution is 0.0438. The molecule has 2 aromatic rings. The largest absolute Gasteiger partial charge is 0.487 e. The number of aliphatic hydroxyl groups excluding tert-OH is 1. The van der Waals surface area contributed by atoms with E-state index in [1.807, 2.05) is 37.3 Å². The fraction of sp³-hybridized carbons (Fsp3) is 0.500. The molecule has 0 bridgehead atoms. The number of hydrogen-bond acceptors (Lipinski definition) is 5. The monoisotopic (exact) mass is 421 g/mol. The third-order valence-corrected chi connectivity index (χ3v) is 6.95. The molecule has 2 N–H and O–H groups in total. The first-order valence-electron chi connectivity index (χ1n) is 9.80. The molecule has 2 aliphatic rings. The molecule has 152 valence electrons. The van der Waals surface area contributed by atoms with Crippen LogP contribution in [0.3, 0.4) is 0 Å². The fourth-order valence-electron chi connectivity index (χ4n) is 4.25. The van der Waals surface area contributed by atoms with Gasteiger partial charge in [0.2, 0.25) is 0 Å². The number of carbonyl (C=O) groups is 1. The molecule has 0 aliphatic heterocycles. The first kappa shape index (κ1) is 21.3. The standard InChI is InChI=1S/C22H27NO3S.ClH/c1-13-5-3-4-6-18(13)26-19-9-8-17(22(19)25)23-12-15-7-10-20-16(21(15)24)11-14(2)27-20;/h3-6,11,15,17,19,22-23,25H,7-10,12H2,1-2H3;1H. The van der Waals surface area contributed by atoms with Crippen LogP contribution in [-0.2, 0) is 6.42 Å². The second kappa shape index (κ2) is 8.95. The van der Waals surface area contributed by atoms with Gasteiger partial charge in [-0.3, -0.25) is 4.79 Å². The van der Waals surface area contributed by atoms with Crippen LogP contribution in [0.5, 0.6) is 5.75 Å². The van der Waals surface area contributed by atoms with Crippen molar-refractivity contribution in [3.63, 3.8) is 0 Å². The molecule has 1 aromatic heterocycles. The van der Waals surface area contributed by atoms with Crippen molar-refractivity contribution in [1.29, 1.82) is 0 Å². The van der Waals surface area contributed by atoms with Gasteiger partial charge in [0.25, 0.3) is 0 Å². The van der Waals surface area contributed by atoms with Gasteiger partial charge < -0.3 is 15.2 Å². The maximum absolute atomic E-state index is 12.7. The Morgan fingerprint density at radius 1 is 1.21 bits per heavy atom.